The highest BCUT2D eigenvalue weighted by Gasteiger charge is 2.27. The Balaban J connectivity index is 0.000000171. The average Bonchev–Trinajstić information content (AvgIpc) is 1.59. The Morgan fingerprint density at radius 3 is 1.32 bits per heavy atom. The largest absolute Gasteiger partial charge is 0.491 e. The first-order chi connectivity index (χ1) is 56.6. The molecule has 0 unspecified atom stereocenters. The molecule has 8 aromatic carbocycles. The number of amides is 1. The van der Waals surface area contributed by atoms with Crippen LogP contribution >= 0.6 is 0 Å². The van der Waals surface area contributed by atoms with Crippen molar-refractivity contribution in [3.63, 3.8) is 0 Å². The van der Waals surface area contributed by atoms with Gasteiger partial charge in [0, 0.05) is 163 Å². The van der Waals surface area contributed by atoms with Crippen molar-refractivity contribution < 1.29 is 52.7 Å². The van der Waals surface area contributed by atoms with Gasteiger partial charge in [0.05, 0.1) is 102 Å². The molecule has 17 aromatic rings. The number of aryl methyl sites for hydroxylation is 4. The lowest BCUT2D eigenvalue weighted by Gasteiger charge is -2.13. The van der Waals surface area contributed by atoms with Crippen LogP contribution < -0.4 is 21.2 Å². The maximum atomic E-state index is 15.1. The molecular formula is C91H89F6N15O8S2. The van der Waals surface area contributed by atoms with E-state index in [4.69, 9.17) is 4.74 Å². The number of pyridine rings is 2. The number of aromatic nitrogens is 14. The van der Waals surface area contributed by atoms with E-state index in [2.05, 4.69) is 35.7 Å². The average molecular weight is 1700 g/mol. The zero-order chi connectivity index (χ0) is 83.3. The molecule has 1 amide bonds. The summed E-state index contributed by atoms with van der Waals surface area (Å²) >= 11 is 0. The Kier molecular flexibility index (Phi) is 28.4. The van der Waals surface area contributed by atoms with Crippen molar-refractivity contribution in [3.05, 3.63) is 340 Å². The molecule has 0 atom stereocenters. The summed E-state index contributed by atoms with van der Waals surface area (Å²) < 4.78 is 157. The number of sulfone groups is 2. The van der Waals surface area contributed by atoms with Crippen molar-refractivity contribution in [2.75, 3.05) is 25.7 Å². The van der Waals surface area contributed by atoms with Gasteiger partial charge in [0.2, 0.25) is 0 Å². The minimum Gasteiger partial charge on any atom is -0.491 e. The number of para-hydroxylation sites is 3. The fourth-order valence-electron chi connectivity index (χ4n) is 13.6. The number of hydrogen-bond acceptors (Lipinski definition) is 14. The summed E-state index contributed by atoms with van der Waals surface area (Å²) in [6.45, 7) is 0.0827. The Bertz CT molecular complexity index is 7040. The molecule has 17 rings (SSSR count). The molecule has 31 heteroatoms. The monoisotopic (exact) mass is 1700 g/mol. The van der Waals surface area contributed by atoms with Gasteiger partial charge in [-0.2, -0.15) is 20.4 Å². The van der Waals surface area contributed by atoms with Crippen LogP contribution in [-0.4, -0.2) is 116 Å². The Labute approximate surface area is 700 Å². The molecule has 122 heavy (non-hydrogen) atoms. The topological polar surface area (TPSA) is 258 Å². The van der Waals surface area contributed by atoms with Gasteiger partial charge >= 0.3 is 0 Å². The molecule has 0 bridgehead atoms. The normalized spacial score (nSPS) is 11.1. The number of ether oxygens (including phenoxy) is 1. The summed E-state index contributed by atoms with van der Waals surface area (Å²) in [5.41, 5.74) is 9.49. The van der Waals surface area contributed by atoms with Gasteiger partial charge in [-0.15, -0.1) is 0 Å². The van der Waals surface area contributed by atoms with Crippen LogP contribution in [0.4, 0.5) is 26.3 Å². The first-order valence-electron chi connectivity index (χ1n) is 36.5. The van der Waals surface area contributed by atoms with Crippen LogP contribution in [0, 0.1) is 34.9 Å². The van der Waals surface area contributed by atoms with Crippen LogP contribution in [0.25, 0.3) is 88.1 Å². The number of benzene rings is 8. The zero-order valence-corrected chi connectivity index (χ0v) is 65.7. The number of nitrogens with zero attached hydrogens (tertiary/aromatic N) is 14. The van der Waals surface area contributed by atoms with Crippen LogP contribution in [0.3, 0.4) is 0 Å². The third kappa shape index (κ3) is 20.1. The number of hydrogen-bond donors (Lipinski definition) is 1. The summed E-state index contributed by atoms with van der Waals surface area (Å²) in [7, 11) is 1.11. The summed E-state index contributed by atoms with van der Waals surface area (Å²) in [5.74, 6) is -4.55. The van der Waals surface area contributed by atoms with E-state index in [1.807, 2.05) is 119 Å². The maximum absolute atomic E-state index is 15.1. The van der Waals surface area contributed by atoms with Crippen molar-refractivity contribution in [1.29, 1.82) is 0 Å². The fraction of sp³-hybridized carbons (Fsp3) is 0.176. The van der Waals surface area contributed by atoms with Gasteiger partial charge in [0.1, 0.15) is 40.6 Å². The first-order valence-corrected chi connectivity index (χ1v) is 40.1. The Morgan fingerprint density at radius 1 is 0.434 bits per heavy atom. The van der Waals surface area contributed by atoms with E-state index in [0.29, 0.717) is 39.3 Å². The van der Waals surface area contributed by atoms with Crippen LogP contribution in [0.1, 0.15) is 62.4 Å². The van der Waals surface area contributed by atoms with E-state index in [1.165, 1.54) is 77.5 Å². The molecule has 0 aliphatic heterocycles. The third-order valence-electron chi connectivity index (χ3n) is 19.6. The molecule has 0 aliphatic carbocycles. The fourth-order valence-corrected chi connectivity index (χ4v) is 15.9. The molecule has 1 N–H and O–H groups in total. The van der Waals surface area contributed by atoms with Gasteiger partial charge in [-0.3, -0.25) is 38.1 Å². The van der Waals surface area contributed by atoms with Crippen molar-refractivity contribution >= 4 is 69.2 Å². The molecule has 9 heterocycles. The number of carbonyl (C=O) groups excluding carboxylic acids is 1. The summed E-state index contributed by atoms with van der Waals surface area (Å²) in [6, 6.07) is 48.6. The van der Waals surface area contributed by atoms with Crippen molar-refractivity contribution in [1.82, 2.24) is 72.7 Å². The number of methoxy groups -OCH3 is 1. The van der Waals surface area contributed by atoms with Crippen LogP contribution in [-0.2, 0) is 74.0 Å². The molecular weight excluding hydrogens is 1610 g/mol. The molecule has 23 nitrogen and oxygen atoms in total. The van der Waals surface area contributed by atoms with Gasteiger partial charge in [-0.05, 0) is 88.3 Å². The van der Waals surface area contributed by atoms with Crippen molar-refractivity contribution in [3.8, 4) is 50.3 Å². The number of rotatable bonds is 19. The lowest BCUT2D eigenvalue weighted by molar-refractivity contribution is 0.0950. The smallest absolute Gasteiger partial charge is 0.293 e. The number of nitrogens with one attached hydrogen (secondary N) is 1. The van der Waals surface area contributed by atoms with E-state index >= 15 is 4.39 Å². The molecule has 0 radical (unpaired) electrons. The second-order valence-electron chi connectivity index (χ2n) is 27.8. The molecule has 630 valence electrons. The van der Waals surface area contributed by atoms with E-state index in [0.717, 1.165) is 73.0 Å². The van der Waals surface area contributed by atoms with Crippen LogP contribution in [0.15, 0.2) is 276 Å². The van der Waals surface area contributed by atoms with E-state index < -0.39 is 53.7 Å². The van der Waals surface area contributed by atoms with Crippen molar-refractivity contribution in [2.45, 2.75) is 65.7 Å². The van der Waals surface area contributed by atoms with Gasteiger partial charge in [-0.1, -0.05) is 133 Å². The lowest BCUT2D eigenvalue weighted by atomic mass is 10.1. The van der Waals surface area contributed by atoms with E-state index in [-0.39, 0.29) is 124 Å². The quantitative estimate of drug-likeness (QED) is 0.0739. The second kappa shape index (κ2) is 38.3. The highest BCUT2D eigenvalue weighted by molar-refractivity contribution is 7.91. The SMILES string of the molecule is C.C.C.C.COc1cc2ccccc2n(Cc2ccc(-c3cnn(C)c3)cc2F)c1=O.Cn1cc(-c2ccc(Cn3c(=O)ccc4ccccc43)c(F)c2)cn1.Cn1cc(-c2ccc(Cn3cc(S(=O)(=O)CCNC(=O)c4cnccn4)c4c(F)cc(F)cc43)c(F)c2)cn1.Cn1cc(-c2ccc(Cn3cc(S(C)(=O)=O)c4ccccc43)c(F)c2)cn1. The zero-order valence-electron chi connectivity index (χ0n) is 64.1. The summed E-state index contributed by atoms with van der Waals surface area (Å²) in [5, 5.41) is 21.0. The third-order valence-corrected chi connectivity index (χ3v) is 22.4. The molecule has 0 saturated carbocycles. The van der Waals surface area contributed by atoms with Gasteiger partial charge in [-0.25, -0.2) is 48.2 Å². The minimum atomic E-state index is -4.16. The molecule has 0 aliphatic rings. The number of fused-ring (bicyclic) bond motifs is 4. The van der Waals surface area contributed by atoms with Gasteiger partial charge < -0.3 is 28.3 Å². The van der Waals surface area contributed by atoms with E-state index in [9.17, 15) is 53.2 Å². The highest BCUT2D eigenvalue weighted by Crippen LogP contribution is 2.34. The predicted molar refractivity (Wildman–Crippen MR) is 464 cm³/mol. The lowest BCUT2D eigenvalue weighted by Crippen LogP contribution is -2.29. The number of carbonyl (C=O) groups is 1. The molecule has 0 saturated heterocycles. The van der Waals surface area contributed by atoms with E-state index in [1.54, 1.807) is 121 Å². The molecule has 9 aromatic heterocycles. The molecule has 0 spiro atoms. The van der Waals surface area contributed by atoms with Crippen LogP contribution in [0.2, 0.25) is 0 Å². The summed E-state index contributed by atoms with van der Waals surface area (Å²) in [4.78, 5) is 44.6. The maximum Gasteiger partial charge on any atom is 0.293 e. The van der Waals surface area contributed by atoms with Gasteiger partial charge in [0.25, 0.3) is 17.0 Å². The Morgan fingerprint density at radius 2 is 0.869 bits per heavy atom. The minimum absolute atomic E-state index is 0. The van der Waals surface area contributed by atoms with Crippen LogP contribution in [0.5, 0.6) is 5.75 Å². The van der Waals surface area contributed by atoms with Gasteiger partial charge in [0.15, 0.2) is 25.4 Å². The molecule has 0 fully saturated rings. The standard InChI is InChI=1S/C26H21F3N6O3S.C21H18FN3O2.C20H18FN3O2S.C20H16FN3O.4CH4/c1-34-13-18(11-33-34)16-2-3-17(20(28)8-16)14-35-15-24(25-21(29)9-19(27)10-23(25)35)39(37,38)7-6-32-26(36)22-12-30-4-5-31-22;1-24-12-17(11-23-24)14-7-8-16(18(22)9-14)13-25-19-6-4-3-5-15(19)10-20(27-2)21(25)26;1-23-11-16(10-22-23)14-7-8-15(18(21)9-14)12-24-13-20(27(2,25)26)17-5-3-4-6-19(17)24;1-23-12-17(11-22-23)15-6-7-16(18(21)10-15)13-24-19-5-3-2-4-14(19)8-9-20(24)25;;;;/h2-5,8-13,15H,6-7,14H2,1H3,(H,32,36);3-12H,13H2,1-2H3;3-11,13H,12H2,1-2H3;2-12H,13H2,1H3;4*1H4. The summed E-state index contributed by atoms with van der Waals surface area (Å²) in [6.07, 6.45) is 21.7. The number of halogens is 6. The second-order valence-corrected chi connectivity index (χ2v) is 31.9. The first kappa shape index (κ1) is 90.3. The predicted octanol–water partition coefficient (Wildman–Crippen LogP) is 16.9. The highest BCUT2D eigenvalue weighted by atomic mass is 32.2. The van der Waals surface area contributed by atoms with Crippen molar-refractivity contribution in [2.24, 2.45) is 28.2 Å². The Hall–Kier alpha value is -14.1.